The lowest BCUT2D eigenvalue weighted by molar-refractivity contribution is -0.142. The minimum Gasteiger partial charge on any atom is -0.462 e. The van der Waals surface area contributed by atoms with E-state index in [0.717, 1.165) is 25.0 Å². The molecular formula is C29H31BrF2N4O6. The Kier molecular flexibility index (Phi) is 8.81. The Morgan fingerprint density at radius 1 is 1.12 bits per heavy atom. The number of halogens is 3. The third-order valence-electron chi connectivity index (χ3n) is 7.43. The molecule has 0 aliphatic carbocycles. The number of benzene rings is 2. The van der Waals surface area contributed by atoms with Crippen molar-refractivity contribution in [2.75, 3.05) is 43.5 Å². The average molecular weight is 649 g/mol. The van der Waals surface area contributed by atoms with E-state index in [2.05, 4.69) is 21.2 Å². The van der Waals surface area contributed by atoms with E-state index < -0.39 is 29.0 Å². The van der Waals surface area contributed by atoms with E-state index in [-0.39, 0.29) is 62.8 Å². The molecule has 2 aliphatic heterocycles. The van der Waals surface area contributed by atoms with Gasteiger partial charge in [0.15, 0.2) is 0 Å². The summed E-state index contributed by atoms with van der Waals surface area (Å²) in [5.41, 5.74) is 5.51. The molecule has 0 amide bonds. The van der Waals surface area contributed by atoms with Crippen molar-refractivity contribution >= 4 is 50.1 Å². The molecule has 224 valence electrons. The van der Waals surface area contributed by atoms with Gasteiger partial charge in [0.05, 0.1) is 39.0 Å². The lowest BCUT2D eigenvalue weighted by Crippen LogP contribution is -2.61. The second-order valence-corrected chi connectivity index (χ2v) is 11.1. The number of carbonyl (C=O) groups excluding carboxylic acids is 2. The maximum absolute atomic E-state index is 15.7. The topological polar surface area (TPSA) is 125 Å². The number of nitrogens with one attached hydrogen (secondary N) is 1. The molecule has 0 radical (unpaired) electrons. The van der Waals surface area contributed by atoms with Gasteiger partial charge in [-0.05, 0) is 53.9 Å². The lowest BCUT2D eigenvalue weighted by Gasteiger charge is -2.44. The number of nitrogen functional groups attached to an aromatic ring is 1. The van der Waals surface area contributed by atoms with Crippen LogP contribution in [0.3, 0.4) is 0 Å². The first kappa shape index (κ1) is 29.9. The minimum atomic E-state index is -0.903. The van der Waals surface area contributed by atoms with Gasteiger partial charge in [0.2, 0.25) is 5.43 Å². The smallest absolute Gasteiger partial charge is 0.343 e. The van der Waals surface area contributed by atoms with Crippen LogP contribution < -0.4 is 21.4 Å². The molecule has 0 bridgehead atoms. The molecule has 3 heterocycles. The quantitative estimate of drug-likeness (QED) is 0.277. The molecule has 1 aromatic heterocycles. The van der Waals surface area contributed by atoms with E-state index in [4.69, 9.17) is 19.9 Å². The predicted molar refractivity (Wildman–Crippen MR) is 156 cm³/mol. The Bertz CT molecular complexity index is 1600. The molecule has 2 aliphatic rings. The summed E-state index contributed by atoms with van der Waals surface area (Å²) in [4.78, 5) is 39.7. The summed E-state index contributed by atoms with van der Waals surface area (Å²) < 4.78 is 47.7. The number of anilines is 2. The minimum absolute atomic E-state index is 0.00649. The van der Waals surface area contributed by atoms with Crippen LogP contribution in [0.15, 0.2) is 33.7 Å². The van der Waals surface area contributed by atoms with Gasteiger partial charge >= 0.3 is 11.9 Å². The fourth-order valence-corrected chi connectivity index (χ4v) is 6.19. The molecule has 5 rings (SSSR count). The number of hydrogen-bond acceptors (Lipinski definition) is 9. The molecule has 0 atom stereocenters. The molecule has 0 unspecified atom stereocenters. The predicted octanol–water partition coefficient (Wildman–Crippen LogP) is 3.81. The van der Waals surface area contributed by atoms with Crippen molar-refractivity contribution < 1.29 is 32.6 Å². The number of ether oxygens (including phenoxy) is 3. The first-order valence-electron chi connectivity index (χ1n) is 13.6. The van der Waals surface area contributed by atoms with Gasteiger partial charge in [0.25, 0.3) is 0 Å². The largest absolute Gasteiger partial charge is 0.462 e. The summed E-state index contributed by atoms with van der Waals surface area (Å²) in [5.74, 6) is -2.89. The Morgan fingerprint density at radius 3 is 2.50 bits per heavy atom. The van der Waals surface area contributed by atoms with E-state index in [1.54, 1.807) is 6.92 Å². The zero-order valence-electron chi connectivity index (χ0n) is 23.2. The van der Waals surface area contributed by atoms with Crippen LogP contribution in [-0.4, -0.2) is 61.5 Å². The standard InChI is InChI=1S/C29H31BrF2N4O6/c1-3-41-29(39)20-13-36(24-10-23(33)21(31)8-16(24)14-42-15(2)37)26-19(28(20)38)9-22(32)27(25(26)30)35-11-18(12-35)34-17-4-6-40-7-5-17/h8-10,13,17-18,34H,3-7,11-12,14,33H2,1-2H3. The zero-order valence-corrected chi connectivity index (χ0v) is 24.8. The van der Waals surface area contributed by atoms with Crippen molar-refractivity contribution in [1.29, 1.82) is 0 Å². The normalized spacial score (nSPS) is 16.0. The van der Waals surface area contributed by atoms with Crippen LogP contribution in [0.2, 0.25) is 0 Å². The summed E-state index contributed by atoms with van der Waals surface area (Å²) in [6, 6.07) is 3.99. The Hall–Kier alpha value is -3.55. The van der Waals surface area contributed by atoms with Crippen LogP contribution >= 0.6 is 15.9 Å². The van der Waals surface area contributed by atoms with Gasteiger partial charge in [-0.25, -0.2) is 13.6 Å². The van der Waals surface area contributed by atoms with Crippen molar-refractivity contribution in [2.24, 2.45) is 0 Å². The lowest BCUT2D eigenvalue weighted by atomic mass is 10.0. The van der Waals surface area contributed by atoms with Gasteiger partial charge in [-0.2, -0.15) is 0 Å². The number of rotatable bonds is 8. The van der Waals surface area contributed by atoms with Gasteiger partial charge in [0.1, 0.15) is 23.8 Å². The third-order valence-corrected chi connectivity index (χ3v) is 8.18. The summed E-state index contributed by atoms with van der Waals surface area (Å²) in [6.07, 6.45) is 3.08. The molecular weight excluding hydrogens is 618 g/mol. The molecule has 2 saturated heterocycles. The van der Waals surface area contributed by atoms with Crippen LogP contribution in [0.25, 0.3) is 16.6 Å². The molecule has 13 heteroatoms. The Balaban J connectivity index is 1.65. The van der Waals surface area contributed by atoms with Crippen LogP contribution in [-0.2, 0) is 25.6 Å². The Labute approximate surface area is 248 Å². The molecule has 2 aromatic carbocycles. The molecule has 2 fully saturated rings. The van der Waals surface area contributed by atoms with Crippen molar-refractivity contribution in [1.82, 2.24) is 9.88 Å². The maximum Gasteiger partial charge on any atom is 0.343 e. The van der Waals surface area contributed by atoms with Crippen molar-refractivity contribution in [3.63, 3.8) is 0 Å². The molecule has 42 heavy (non-hydrogen) atoms. The van der Waals surface area contributed by atoms with Crippen molar-refractivity contribution in [3.8, 4) is 5.69 Å². The van der Waals surface area contributed by atoms with Crippen LogP contribution in [0.4, 0.5) is 20.2 Å². The van der Waals surface area contributed by atoms with Gasteiger partial charge < -0.3 is 34.7 Å². The fraction of sp³-hybridized carbons (Fsp3) is 0.414. The molecule has 10 nitrogen and oxygen atoms in total. The molecule has 3 N–H and O–H groups in total. The average Bonchev–Trinajstić information content (AvgIpc) is 2.93. The highest BCUT2D eigenvalue weighted by molar-refractivity contribution is 9.10. The number of pyridine rings is 1. The summed E-state index contributed by atoms with van der Waals surface area (Å²) in [6.45, 7) is 4.97. The Morgan fingerprint density at radius 2 is 1.83 bits per heavy atom. The van der Waals surface area contributed by atoms with Crippen LogP contribution in [0.5, 0.6) is 0 Å². The second kappa shape index (κ2) is 12.4. The highest BCUT2D eigenvalue weighted by Gasteiger charge is 2.34. The van der Waals surface area contributed by atoms with Crippen molar-refractivity contribution in [3.05, 3.63) is 61.9 Å². The van der Waals surface area contributed by atoms with Crippen LogP contribution in [0.1, 0.15) is 42.6 Å². The van der Waals surface area contributed by atoms with E-state index in [1.165, 1.54) is 23.8 Å². The van der Waals surface area contributed by atoms with E-state index in [9.17, 15) is 18.8 Å². The first-order valence-corrected chi connectivity index (χ1v) is 14.4. The van der Waals surface area contributed by atoms with Crippen LogP contribution in [0, 0.1) is 11.6 Å². The maximum atomic E-state index is 15.7. The molecule has 0 spiro atoms. The highest BCUT2D eigenvalue weighted by atomic mass is 79.9. The van der Waals surface area contributed by atoms with E-state index >= 15 is 4.39 Å². The van der Waals surface area contributed by atoms with E-state index in [1.807, 2.05) is 4.90 Å². The summed E-state index contributed by atoms with van der Waals surface area (Å²) in [7, 11) is 0. The number of hydrogen-bond donors (Lipinski definition) is 2. The van der Waals surface area contributed by atoms with Crippen molar-refractivity contribution in [2.45, 2.75) is 45.4 Å². The number of nitrogens with two attached hydrogens (primary N) is 1. The van der Waals surface area contributed by atoms with Gasteiger partial charge in [-0.15, -0.1) is 0 Å². The number of aromatic nitrogens is 1. The molecule has 3 aromatic rings. The number of fused-ring (bicyclic) bond motifs is 1. The third kappa shape index (κ3) is 5.86. The number of esters is 2. The van der Waals surface area contributed by atoms with Gasteiger partial charge in [-0.1, -0.05) is 0 Å². The van der Waals surface area contributed by atoms with E-state index in [0.29, 0.717) is 32.3 Å². The zero-order chi connectivity index (χ0) is 30.1. The fourth-order valence-electron chi connectivity index (χ4n) is 5.34. The SMILES string of the molecule is CCOC(=O)c1cn(-c2cc(N)c(F)cc2COC(C)=O)c2c(Br)c(N3CC(NC4CCOCC4)C3)c(F)cc2c1=O. The molecule has 0 saturated carbocycles. The van der Waals surface area contributed by atoms with Gasteiger partial charge in [-0.3, -0.25) is 9.59 Å². The first-order chi connectivity index (χ1) is 20.1. The monoisotopic (exact) mass is 648 g/mol. The summed E-state index contributed by atoms with van der Waals surface area (Å²) in [5, 5.41) is 3.49. The number of nitrogens with zero attached hydrogens (tertiary/aromatic N) is 2. The number of carbonyl (C=O) groups is 2. The highest BCUT2D eigenvalue weighted by Crippen LogP contribution is 2.39. The van der Waals surface area contributed by atoms with Gasteiger partial charge in [0, 0.05) is 57.1 Å². The second-order valence-electron chi connectivity index (χ2n) is 10.3. The summed E-state index contributed by atoms with van der Waals surface area (Å²) >= 11 is 3.54.